The van der Waals surface area contributed by atoms with E-state index in [-0.39, 0.29) is 18.2 Å². The number of carboxylic acids is 1. The van der Waals surface area contributed by atoms with Crippen LogP contribution < -0.4 is 10.1 Å². The molecule has 0 aliphatic heterocycles. The van der Waals surface area contributed by atoms with E-state index in [1.165, 1.54) is 20.2 Å². The van der Waals surface area contributed by atoms with E-state index < -0.39 is 11.8 Å². The number of carbonyl (C=O) groups is 2. The molecule has 0 fully saturated rings. The molecule has 0 aliphatic rings. The van der Waals surface area contributed by atoms with E-state index in [9.17, 15) is 14.0 Å². The average molecular weight is 463 g/mol. The highest BCUT2D eigenvalue weighted by Crippen LogP contribution is 2.28. The van der Waals surface area contributed by atoms with Crippen LogP contribution >= 0.6 is 0 Å². The van der Waals surface area contributed by atoms with Crippen LogP contribution in [0.3, 0.4) is 0 Å². The Morgan fingerprint density at radius 3 is 2.68 bits per heavy atom. The molecule has 2 aromatic heterocycles. The van der Waals surface area contributed by atoms with Crippen LogP contribution in [0.1, 0.15) is 15.9 Å². The Kier molecular flexibility index (Phi) is 6.13. The second kappa shape index (κ2) is 9.18. The zero-order valence-electron chi connectivity index (χ0n) is 18.7. The summed E-state index contributed by atoms with van der Waals surface area (Å²) in [5.41, 5.74) is 3.61. The number of methoxy groups -OCH3 is 1. The molecule has 34 heavy (non-hydrogen) atoms. The fourth-order valence-electron chi connectivity index (χ4n) is 3.65. The number of imidazole rings is 1. The Balaban J connectivity index is 1.62. The summed E-state index contributed by atoms with van der Waals surface area (Å²) in [6.45, 7) is 1.39. The van der Waals surface area contributed by atoms with Crippen molar-refractivity contribution >= 4 is 29.0 Å². The molecule has 0 atom stereocenters. The number of carboxylic acid groups (broad SMARTS) is 1. The summed E-state index contributed by atoms with van der Waals surface area (Å²) in [5.74, 6) is -1.29. The lowest BCUT2D eigenvalue weighted by atomic mass is 10.1. The first kappa shape index (κ1) is 22.7. The number of nitrogens with one attached hydrogen (secondary N) is 1. The molecule has 0 unspecified atom stereocenters. The van der Waals surface area contributed by atoms with Crippen LogP contribution in [0.25, 0.3) is 16.9 Å². The largest absolute Gasteiger partial charge is 0.494 e. The fourth-order valence-corrected chi connectivity index (χ4v) is 3.65. The number of halogens is 1. The molecular weight excluding hydrogens is 441 g/mol. The van der Waals surface area contributed by atoms with Gasteiger partial charge in [-0.1, -0.05) is 0 Å². The van der Waals surface area contributed by atoms with Gasteiger partial charge < -0.3 is 20.1 Å². The Morgan fingerprint density at radius 2 is 2.00 bits per heavy atom. The normalized spacial score (nSPS) is 10.8. The minimum absolute atomic E-state index is 0.160. The van der Waals surface area contributed by atoms with E-state index in [1.807, 2.05) is 0 Å². The van der Waals surface area contributed by atoms with Crippen LogP contribution in [0.15, 0.2) is 55.0 Å². The summed E-state index contributed by atoms with van der Waals surface area (Å²) in [6, 6.07) is 9.81. The Morgan fingerprint density at radius 1 is 1.21 bits per heavy atom. The number of hydrogen-bond acceptors (Lipinski definition) is 6. The van der Waals surface area contributed by atoms with Gasteiger partial charge in [-0.05, 0) is 48.9 Å². The Bertz CT molecular complexity index is 1400. The van der Waals surface area contributed by atoms with Gasteiger partial charge in [0.15, 0.2) is 23.0 Å². The molecule has 1 amide bonds. The van der Waals surface area contributed by atoms with E-state index in [0.717, 1.165) is 4.90 Å². The van der Waals surface area contributed by atoms with Gasteiger partial charge in [0.1, 0.15) is 6.54 Å². The van der Waals surface area contributed by atoms with Gasteiger partial charge in [0.2, 0.25) is 0 Å². The molecular formula is C24H22FN5O4. The summed E-state index contributed by atoms with van der Waals surface area (Å²) in [4.78, 5) is 33.4. The number of hydrogen-bond donors (Lipinski definition) is 2. The third-order valence-corrected chi connectivity index (χ3v) is 5.31. The van der Waals surface area contributed by atoms with Gasteiger partial charge in [-0.25, -0.2) is 14.4 Å². The van der Waals surface area contributed by atoms with Crippen molar-refractivity contribution in [2.24, 2.45) is 0 Å². The van der Waals surface area contributed by atoms with Crippen molar-refractivity contribution in [1.29, 1.82) is 0 Å². The van der Waals surface area contributed by atoms with E-state index in [0.29, 0.717) is 39.5 Å². The molecule has 0 saturated carbocycles. The van der Waals surface area contributed by atoms with Crippen LogP contribution in [0.5, 0.6) is 5.75 Å². The SMILES string of the molecule is COc1ccc(-c2cnc3c(Nc4ccc(C(=O)N(C)CC(=O)O)c(C)c4)nccn23)cc1F. The monoisotopic (exact) mass is 463 g/mol. The minimum atomic E-state index is -1.08. The maximum absolute atomic E-state index is 14.2. The summed E-state index contributed by atoms with van der Waals surface area (Å²) in [6.07, 6.45) is 4.97. The van der Waals surface area contributed by atoms with Gasteiger partial charge in [-0.3, -0.25) is 14.0 Å². The number of carbonyl (C=O) groups excluding carboxylic acids is 1. The quantitative estimate of drug-likeness (QED) is 0.430. The maximum Gasteiger partial charge on any atom is 0.323 e. The number of fused-ring (bicyclic) bond motifs is 1. The highest BCUT2D eigenvalue weighted by atomic mass is 19.1. The number of aliphatic carboxylic acids is 1. The lowest BCUT2D eigenvalue weighted by Gasteiger charge is -2.17. The van der Waals surface area contributed by atoms with E-state index >= 15 is 0 Å². The van der Waals surface area contributed by atoms with E-state index in [4.69, 9.17) is 9.84 Å². The van der Waals surface area contributed by atoms with Gasteiger partial charge in [0.25, 0.3) is 5.91 Å². The molecule has 0 bridgehead atoms. The fraction of sp³-hybridized carbons (Fsp3) is 0.167. The number of aromatic nitrogens is 3. The Labute approximate surface area is 194 Å². The number of likely N-dealkylation sites (N-methyl/N-ethyl adjacent to an activating group) is 1. The van der Waals surface area contributed by atoms with E-state index in [2.05, 4.69) is 15.3 Å². The van der Waals surface area contributed by atoms with Gasteiger partial charge in [-0.15, -0.1) is 0 Å². The molecule has 2 aromatic carbocycles. The van der Waals surface area contributed by atoms with Crippen LogP contribution in [-0.2, 0) is 4.79 Å². The lowest BCUT2D eigenvalue weighted by molar-refractivity contribution is -0.137. The first-order chi connectivity index (χ1) is 16.3. The number of anilines is 2. The number of ether oxygens (including phenoxy) is 1. The molecule has 4 aromatic rings. The van der Waals surface area contributed by atoms with Gasteiger partial charge >= 0.3 is 5.97 Å². The highest BCUT2D eigenvalue weighted by Gasteiger charge is 2.17. The lowest BCUT2D eigenvalue weighted by Crippen LogP contribution is -2.32. The molecule has 0 radical (unpaired) electrons. The van der Waals surface area contributed by atoms with Crippen LogP contribution in [0.4, 0.5) is 15.9 Å². The van der Waals surface area contributed by atoms with Crippen LogP contribution in [0.2, 0.25) is 0 Å². The highest BCUT2D eigenvalue weighted by molar-refractivity contribution is 5.97. The zero-order chi connectivity index (χ0) is 24.4. The van der Waals surface area contributed by atoms with Crippen molar-refractivity contribution < 1.29 is 23.8 Å². The predicted octanol–water partition coefficient (Wildman–Crippen LogP) is 3.75. The molecule has 9 nitrogen and oxygen atoms in total. The van der Waals surface area contributed by atoms with E-state index in [1.54, 1.807) is 60.2 Å². The van der Waals surface area contributed by atoms with Crippen LogP contribution in [0, 0.1) is 12.7 Å². The molecule has 0 spiro atoms. The van der Waals surface area contributed by atoms with Crippen molar-refractivity contribution in [3.05, 3.63) is 71.9 Å². The standard InChI is InChI=1S/C24H22FN5O4/c1-14-10-16(5-6-17(14)24(33)29(2)13-21(31)32)28-22-23-27-12-19(30(23)9-8-26-22)15-4-7-20(34-3)18(25)11-15/h4-12H,13H2,1-3H3,(H,26,28)(H,31,32). The molecule has 10 heteroatoms. The number of aryl methyl sites for hydroxylation is 1. The van der Waals surface area contributed by atoms with Crippen molar-refractivity contribution in [1.82, 2.24) is 19.3 Å². The number of amides is 1. The zero-order valence-corrected chi connectivity index (χ0v) is 18.7. The summed E-state index contributed by atoms with van der Waals surface area (Å²) in [5, 5.41) is 12.1. The number of rotatable bonds is 7. The average Bonchev–Trinajstić information content (AvgIpc) is 3.23. The second-order valence-electron chi connectivity index (χ2n) is 7.67. The minimum Gasteiger partial charge on any atom is -0.494 e. The number of nitrogens with zero attached hydrogens (tertiary/aromatic N) is 4. The first-order valence-electron chi connectivity index (χ1n) is 10.3. The van der Waals surface area contributed by atoms with Gasteiger partial charge in [-0.2, -0.15) is 0 Å². The third-order valence-electron chi connectivity index (χ3n) is 5.31. The Hall–Kier alpha value is -4.47. The molecule has 2 N–H and O–H groups in total. The molecule has 0 aliphatic carbocycles. The van der Waals surface area contributed by atoms with Crippen molar-refractivity contribution in [2.45, 2.75) is 6.92 Å². The molecule has 4 rings (SSSR count). The van der Waals surface area contributed by atoms with Gasteiger partial charge in [0, 0.05) is 36.3 Å². The van der Waals surface area contributed by atoms with Crippen molar-refractivity contribution in [3.8, 4) is 17.0 Å². The summed E-state index contributed by atoms with van der Waals surface area (Å²) >= 11 is 0. The van der Waals surface area contributed by atoms with Crippen LogP contribution in [-0.4, -0.2) is 57.0 Å². The van der Waals surface area contributed by atoms with Crippen molar-refractivity contribution in [2.75, 3.05) is 26.0 Å². The van der Waals surface area contributed by atoms with Gasteiger partial charge in [0.05, 0.1) is 19.0 Å². The first-order valence-corrected chi connectivity index (χ1v) is 10.3. The third kappa shape index (κ3) is 4.38. The van der Waals surface area contributed by atoms with Crippen molar-refractivity contribution in [3.63, 3.8) is 0 Å². The second-order valence-corrected chi connectivity index (χ2v) is 7.67. The molecule has 174 valence electrons. The predicted molar refractivity (Wildman–Crippen MR) is 124 cm³/mol. The number of benzene rings is 2. The molecule has 2 heterocycles. The topological polar surface area (TPSA) is 109 Å². The smallest absolute Gasteiger partial charge is 0.323 e. The summed E-state index contributed by atoms with van der Waals surface area (Å²) < 4.78 is 21.0. The molecule has 0 saturated heterocycles. The maximum atomic E-state index is 14.2. The summed E-state index contributed by atoms with van der Waals surface area (Å²) in [7, 11) is 2.85.